The molecular weight excluding hydrogens is 386 g/mol. The van der Waals surface area contributed by atoms with Crippen molar-refractivity contribution in [2.75, 3.05) is 19.6 Å². The second-order valence-electron chi connectivity index (χ2n) is 8.04. The van der Waals surface area contributed by atoms with Crippen LogP contribution in [0.3, 0.4) is 0 Å². The van der Waals surface area contributed by atoms with Gasteiger partial charge in [0.05, 0.1) is 6.42 Å². The third kappa shape index (κ3) is 5.57. The van der Waals surface area contributed by atoms with E-state index in [-0.39, 0.29) is 17.7 Å². The minimum atomic E-state index is -0.0709. The fraction of sp³-hybridized carbons (Fsp3) is 0.269. The number of hydrogen-bond donors (Lipinski definition) is 1. The monoisotopic (exact) mass is 413 g/mol. The Bertz CT molecular complexity index is 1000. The van der Waals surface area contributed by atoms with E-state index in [1.165, 1.54) is 0 Å². The summed E-state index contributed by atoms with van der Waals surface area (Å²) in [6, 6.07) is 21.6. The van der Waals surface area contributed by atoms with Crippen molar-refractivity contribution in [1.29, 1.82) is 0 Å². The number of nitrogens with zero attached hydrogens (tertiary/aromatic N) is 2. The highest BCUT2D eigenvalue weighted by atomic mass is 16.2. The van der Waals surface area contributed by atoms with Crippen LogP contribution < -0.4 is 5.32 Å². The lowest BCUT2D eigenvalue weighted by molar-refractivity contribution is -0.132. The lowest BCUT2D eigenvalue weighted by atomic mass is 9.97. The summed E-state index contributed by atoms with van der Waals surface area (Å²) in [5.41, 5.74) is 3.81. The molecule has 1 aromatic heterocycles. The first kappa shape index (κ1) is 20.8. The number of likely N-dealkylation sites (tertiary alicyclic amines) is 1. The first-order valence-electron chi connectivity index (χ1n) is 10.8. The summed E-state index contributed by atoms with van der Waals surface area (Å²) in [5.74, 6) is 0.332. The van der Waals surface area contributed by atoms with Gasteiger partial charge in [-0.15, -0.1) is 0 Å². The zero-order valence-corrected chi connectivity index (χ0v) is 17.5. The number of amides is 2. The SMILES string of the molecule is O=C(NC[C@@H]1CCCN(C(=O)Cc2cccnc2)C1)c1ccc(-c2ccccc2)cc1. The molecule has 1 atom stereocenters. The molecule has 31 heavy (non-hydrogen) atoms. The van der Waals surface area contributed by atoms with Gasteiger partial charge in [0.25, 0.3) is 5.91 Å². The van der Waals surface area contributed by atoms with Gasteiger partial charge in [0, 0.05) is 37.6 Å². The molecule has 0 bridgehead atoms. The molecule has 1 fully saturated rings. The number of carbonyl (C=O) groups is 2. The summed E-state index contributed by atoms with van der Waals surface area (Å²) in [6.07, 6.45) is 5.81. The third-order valence-corrected chi connectivity index (χ3v) is 5.76. The summed E-state index contributed by atoms with van der Waals surface area (Å²) in [5, 5.41) is 3.05. The molecule has 158 valence electrons. The number of nitrogens with one attached hydrogen (secondary N) is 1. The molecule has 5 heteroatoms. The Labute approximate surface area is 183 Å². The molecule has 4 rings (SSSR count). The predicted molar refractivity (Wildman–Crippen MR) is 121 cm³/mol. The summed E-state index contributed by atoms with van der Waals surface area (Å²) in [6.45, 7) is 2.05. The predicted octanol–water partition coefficient (Wildman–Crippen LogP) is 3.96. The van der Waals surface area contributed by atoms with Crippen molar-refractivity contribution < 1.29 is 9.59 Å². The Morgan fingerprint density at radius 1 is 0.968 bits per heavy atom. The topological polar surface area (TPSA) is 62.3 Å². The van der Waals surface area contributed by atoms with E-state index in [0.717, 1.165) is 36.1 Å². The maximum atomic E-state index is 12.6. The molecule has 1 N–H and O–H groups in total. The lowest BCUT2D eigenvalue weighted by Gasteiger charge is -2.33. The summed E-state index contributed by atoms with van der Waals surface area (Å²) in [4.78, 5) is 31.2. The number of piperidine rings is 1. The van der Waals surface area contributed by atoms with Gasteiger partial charge in [-0.1, -0.05) is 48.5 Å². The number of pyridine rings is 1. The van der Waals surface area contributed by atoms with Crippen molar-refractivity contribution >= 4 is 11.8 Å². The average molecular weight is 414 g/mol. The molecule has 2 heterocycles. The van der Waals surface area contributed by atoms with Gasteiger partial charge in [0.1, 0.15) is 0 Å². The van der Waals surface area contributed by atoms with Crippen LogP contribution in [-0.4, -0.2) is 41.3 Å². The van der Waals surface area contributed by atoms with Crippen molar-refractivity contribution in [3.8, 4) is 11.1 Å². The lowest BCUT2D eigenvalue weighted by Crippen LogP contribution is -2.44. The van der Waals surface area contributed by atoms with Crippen LogP contribution in [0.15, 0.2) is 79.1 Å². The second-order valence-corrected chi connectivity index (χ2v) is 8.04. The van der Waals surface area contributed by atoms with E-state index in [2.05, 4.69) is 22.4 Å². The van der Waals surface area contributed by atoms with Crippen molar-refractivity contribution in [2.45, 2.75) is 19.3 Å². The smallest absolute Gasteiger partial charge is 0.251 e. The van der Waals surface area contributed by atoms with E-state index in [1.807, 2.05) is 59.5 Å². The molecule has 2 amide bonds. The minimum Gasteiger partial charge on any atom is -0.352 e. The van der Waals surface area contributed by atoms with Crippen molar-refractivity contribution in [2.24, 2.45) is 5.92 Å². The van der Waals surface area contributed by atoms with Crippen LogP contribution in [0.4, 0.5) is 0 Å². The van der Waals surface area contributed by atoms with Gasteiger partial charge in [0.2, 0.25) is 5.91 Å². The van der Waals surface area contributed by atoms with Gasteiger partial charge in [-0.2, -0.15) is 0 Å². The first-order valence-corrected chi connectivity index (χ1v) is 10.8. The van der Waals surface area contributed by atoms with Crippen LogP contribution in [0, 0.1) is 5.92 Å². The molecule has 0 spiro atoms. The molecule has 5 nitrogen and oxygen atoms in total. The van der Waals surface area contributed by atoms with E-state index in [9.17, 15) is 9.59 Å². The molecule has 0 radical (unpaired) electrons. The van der Waals surface area contributed by atoms with Crippen LogP contribution in [0.2, 0.25) is 0 Å². The van der Waals surface area contributed by atoms with Crippen LogP contribution in [0.5, 0.6) is 0 Å². The fourth-order valence-electron chi connectivity index (χ4n) is 4.03. The van der Waals surface area contributed by atoms with E-state index in [4.69, 9.17) is 0 Å². The highest BCUT2D eigenvalue weighted by molar-refractivity contribution is 5.94. The zero-order chi connectivity index (χ0) is 21.5. The second kappa shape index (κ2) is 10.0. The molecule has 3 aromatic rings. The Kier molecular flexibility index (Phi) is 6.72. The summed E-state index contributed by atoms with van der Waals surface area (Å²) in [7, 11) is 0. The first-order chi connectivity index (χ1) is 15.2. The quantitative estimate of drug-likeness (QED) is 0.665. The van der Waals surface area contributed by atoms with Crippen molar-refractivity contribution in [3.05, 3.63) is 90.3 Å². The molecular formula is C26H27N3O2. The van der Waals surface area contributed by atoms with Gasteiger partial charge < -0.3 is 10.2 Å². The highest BCUT2D eigenvalue weighted by Crippen LogP contribution is 2.20. The van der Waals surface area contributed by atoms with Crippen LogP contribution in [-0.2, 0) is 11.2 Å². The van der Waals surface area contributed by atoms with Crippen molar-refractivity contribution in [3.63, 3.8) is 0 Å². The molecule has 1 aliphatic heterocycles. The fourth-order valence-corrected chi connectivity index (χ4v) is 4.03. The Balaban J connectivity index is 1.28. The Morgan fingerprint density at radius 3 is 2.48 bits per heavy atom. The van der Waals surface area contributed by atoms with Crippen molar-refractivity contribution in [1.82, 2.24) is 15.2 Å². The maximum Gasteiger partial charge on any atom is 0.251 e. The average Bonchev–Trinajstić information content (AvgIpc) is 2.84. The number of hydrogen-bond acceptors (Lipinski definition) is 3. The van der Waals surface area contributed by atoms with Gasteiger partial charge in [0.15, 0.2) is 0 Å². The Hall–Kier alpha value is -3.47. The minimum absolute atomic E-state index is 0.0709. The number of carbonyl (C=O) groups excluding carboxylic acids is 2. The van der Waals surface area contributed by atoms with Gasteiger partial charge in [-0.05, 0) is 53.6 Å². The normalized spacial score (nSPS) is 16.0. The van der Waals surface area contributed by atoms with E-state index in [1.54, 1.807) is 12.4 Å². The largest absolute Gasteiger partial charge is 0.352 e. The van der Waals surface area contributed by atoms with Crippen LogP contribution >= 0.6 is 0 Å². The maximum absolute atomic E-state index is 12.6. The molecule has 0 saturated carbocycles. The molecule has 1 aliphatic rings. The summed E-state index contributed by atoms with van der Waals surface area (Å²) >= 11 is 0. The van der Waals surface area contributed by atoms with E-state index in [0.29, 0.717) is 25.1 Å². The van der Waals surface area contributed by atoms with Gasteiger partial charge in [-0.3, -0.25) is 14.6 Å². The van der Waals surface area contributed by atoms with Gasteiger partial charge in [-0.25, -0.2) is 0 Å². The highest BCUT2D eigenvalue weighted by Gasteiger charge is 2.24. The molecule has 1 saturated heterocycles. The number of aromatic nitrogens is 1. The third-order valence-electron chi connectivity index (χ3n) is 5.76. The zero-order valence-electron chi connectivity index (χ0n) is 17.5. The van der Waals surface area contributed by atoms with E-state index < -0.39 is 0 Å². The summed E-state index contributed by atoms with van der Waals surface area (Å²) < 4.78 is 0. The number of benzene rings is 2. The molecule has 2 aromatic carbocycles. The van der Waals surface area contributed by atoms with Crippen LogP contribution in [0.25, 0.3) is 11.1 Å². The molecule has 0 aliphatic carbocycles. The number of rotatable bonds is 6. The van der Waals surface area contributed by atoms with E-state index >= 15 is 0 Å². The Morgan fingerprint density at radius 2 is 1.74 bits per heavy atom. The van der Waals surface area contributed by atoms with Crippen LogP contribution in [0.1, 0.15) is 28.8 Å². The molecule has 0 unspecified atom stereocenters. The standard InChI is InChI=1S/C26H27N3O2/c30-25(16-20-6-4-14-27-17-20)29-15-5-7-21(19-29)18-28-26(31)24-12-10-23(11-13-24)22-8-2-1-3-9-22/h1-4,6,8-14,17,21H,5,7,15-16,18-19H2,(H,28,31)/t21-/m0/s1. The van der Waals surface area contributed by atoms with Gasteiger partial charge >= 0.3 is 0 Å².